The van der Waals surface area contributed by atoms with E-state index in [0.717, 1.165) is 11.1 Å². The highest BCUT2D eigenvalue weighted by molar-refractivity contribution is 6.60. The molecule has 2 rings (SSSR count). The van der Waals surface area contributed by atoms with Crippen LogP contribution in [0.5, 0.6) is 0 Å². The van der Waals surface area contributed by atoms with Gasteiger partial charge in [0.25, 0.3) is 0 Å². The fourth-order valence-electron chi connectivity index (χ4n) is 3.03. The van der Waals surface area contributed by atoms with E-state index in [1.54, 1.807) is 28.3 Å². The second kappa shape index (κ2) is 8.58. The predicted octanol–water partition coefficient (Wildman–Crippen LogP) is 3.55. The molecule has 0 amide bonds. The van der Waals surface area contributed by atoms with Gasteiger partial charge in [0, 0.05) is 38.9 Å². The van der Waals surface area contributed by atoms with E-state index >= 15 is 0 Å². The van der Waals surface area contributed by atoms with Crippen LogP contribution in [0.2, 0.25) is 6.04 Å². The normalized spacial score (nSPS) is 17.2. The Morgan fingerprint density at radius 1 is 1.20 bits per heavy atom. The Morgan fingerprint density at radius 2 is 1.84 bits per heavy atom. The lowest BCUT2D eigenvalue weighted by Crippen LogP contribution is -2.43. The molecule has 6 heteroatoms. The smallest absolute Gasteiger partial charge is 0.458 e. The molecule has 1 aliphatic rings. The molecule has 0 saturated heterocycles. The van der Waals surface area contributed by atoms with Gasteiger partial charge in [0.1, 0.15) is 6.10 Å². The van der Waals surface area contributed by atoms with Crippen molar-refractivity contribution < 1.29 is 22.8 Å². The molecule has 25 heavy (non-hydrogen) atoms. The quantitative estimate of drug-likeness (QED) is 0.382. The van der Waals surface area contributed by atoms with Gasteiger partial charge in [-0.3, -0.25) is 0 Å². The van der Waals surface area contributed by atoms with Crippen molar-refractivity contribution in [3.63, 3.8) is 0 Å². The third-order valence-corrected chi connectivity index (χ3v) is 7.28. The van der Waals surface area contributed by atoms with Crippen LogP contribution in [0.3, 0.4) is 0 Å². The van der Waals surface area contributed by atoms with Crippen molar-refractivity contribution in [1.29, 1.82) is 0 Å². The zero-order valence-electron chi connectivity index (χ0n) is 15.3. The Kier molecular flexibility index (Phi) is 6.72. The van der Waals surface area contributed by atoms with Crippen molar-refractivity contribution in [2.24, 2.45) is 0 Å². The molecule has 2 unspecified atom stereocenters. The zero-order valence-corrected chi connectivity index (χ0v) is 16.3. The van der Waals surface area contributed by atoms with Crippen molar-refractivity contribution in [3.05, 3.63) is 53.6 Å². The van der Waals surface area contributed by atoms with Crippen LogP contribution in [-0.2, 0) is 22.8 Å². The van der Waals surface area contributed by atoms with Gasteiger partial charge in [-0.25, -0.2) is 4.79 Å². The van der Waals surface area contributed by atoms with Gasteiger partial charge in [-0.1, -0.05) is 43.0 Å². The lowest BCUT2D eigenvalue weighted by atomic mass is 9.93. The molecule has 0 spiro atoms. The first-order valence-electron chi connectivity index (χ1n) is 8.25. The Morgan fingerprint density at radius 3 is 2.44 bits per heavy atom. The van der Waals surface area contributed by atoms with Gasteiger partial charge in [-0.2, -0.15) is 0 Å². The maximum absolute atomic E-state index is 12.1. The highest BCUT2D eigenvalue weighted by atomic mass is 28.4. The minimum atomic E-state index is -2.74. The Bertz CT molecular complexity index is 643. The van der Waals surface area contributed by atoms with E-state index in [1.807, 2.05) is 12.1 Å². The van der Waals surface area contributed by atoms with Crippen molar-refractivity contribution in [3.8, 4) is 0 Å². The Balaban J connectivity index is 2.21. The first kappa shape index (κ1) is 19.6. The molecule has 1 aromatic rings. The molecule has 2 atom stereocenters. The topological polar surface area (TPSA) is 54.0 Å². The maximum Gasteiger partial charge on any atom is 0.500 e. The van der Waals surface area contributed by atoms with Gasteiger partial charge in [0.15, 0.2) is 0 Å². The minimum absolute atomic E-state index is 0.00299. The number of ether oxygens (including phenoxy) is 1. The number of carbonyl (C=O) groups is 1. The predicted molar refractivity (Wildman–Crippen MR) is 99.1 cm³/mol. The standard InChI is InChI=1S/C19H26O5Si/c1-14(2)19(20)24-18(12-13-25(21-3,22-4)23-5)17-11-10-15-8-6-7-9-16(15)17/h6-11,17-18H,1,12-13H2,2-5H3. The largest absolute Gasteiger partial charge is 0.500 e. The second-order valence-electron chi connectivity index (χ2n) is 6.07. The first-order valence-corrected chi connectivity index (χ1v) is 10.2. The molecule has 0 bridgehead atoms. The third kappa shape index (κ3) is 4.46. The monoisotopic (exact) mass is 362 g/mol. The number of fused-ring (bicyclic) bond motifs is 1. The summed E-state index contributed by atoms with van der Waals surface area (Å²) in [4.78, 5) is 12.1. The summed E-state index contributed by atoms with van der Waals surface area (Å²) in [5.74, 6) is -0.390. The summed E-state index contributed by atoms with van der Waals surface area (Å²) in [7, 11) is 2.01. The molecule has 0 heterocycles. The third-order valence-electron chi connectivity index (χ3n) is 4.51. The molecule has 1 aromatic carbocycles. The molecule has 0 aromatic heterocycles. The summed E-state index contributed by atoms with van der Waals surface area (Å²) in [5.41, 5.74) is 2.69. The molecule has 0 fully saturated rings. The fraction of sp³-hybridized carbons (Fsp3) is 0.421. The molecule has 0 aliphatic heterocycles. The second-order valence-corrected chi connectivity index (χ2v) is 9.16. The number of carbonyl (C=O) groups excluding carboxylic acids is 1. The van der Waals surface area contributed by atoms with E-state index in [-0.39, 0.29) is 18.0 Å². The lowest BCUT2D eigenvalue weighted by Gasteiger charge is -2.29. The van der Waals surface area contributed by atoms with E-state index in [9.17, 15) is 4.79 Å². The van der Waals surface area contributed by atoms with Crippen molar-refractivity contribution in [2.75, 3.05) is 21.3 Å². The van der Waals surface area contributed by atoms with Gasteiger partial charge in [0.2, 0.25) is 0 Å². The highest BCUT2D eigenvalue weighted by Gasteiger charge is 2.40. The summed E-state index contributed by atoms with van der Waals surface area (Å²) < 4.78 is 22.2. The van der Waals surface area contributed by atoms with Crippen LogP contribution < -0.4 is 0 Å². The number of hydrogen-bond acceptors (Lipinski definition) is 5. The Labute approximate surface area is 150 Å². The van der Waals surface area contributed by atoms with Crippen molar-refractivity contribution in [1.82, 2.24) is 0 Å². The fourth-order valence-corrected chi connectivity index (χ4v) is 4.78. The highest BCUT2D eigenvalue weighted by Crippen LogP contribution is 2.36. The van der Waals surface area contributed by atoms with Gasteiger partial charge in [0.05, 0.1) is 0 Å². The molecule has 0 saturated carbocycles. The van der Waals surface area contributed by atoms with Crippen LogP contribution in [-0.4, -0.2) is 42.2 Å². The van der Waals surface area contributed by atoms with Crippen LogP contribution in [0.1, 0.15) is 30.4 Å². The Hall–Kier alpha value is -1.73. The average Bonchev–Trinajstić information content (AvgIpc) is 3.06. The van der Waals surface area contributed by atoms with Crippen LogP contribution in [0.4, 0.5) is 0 Å². The molecular formula is C19H26O5Si. The van der Waals surface area contributed by atoms with Crippen LogP contribution >= 0.6 is 0 Å². The molecule has 0 radical (unpaired) electrons. The lowest BCUT2D eigenvalue weighted by molar-refractivity contribution is -0.145. The van der Waals surface area contributed by atoms with Crippen LogP contribution in [0, 0.1) is 0 Å². The summed E-state index contributed by atoms with van der Waals surface area (Å²) in [6.07, 6.45) is 4.38. The molecule has 136 valence electrons. The summed E-state index contributed by atoms with van der Waals surface area (Å²) in [6, 6.07) is 8.67. The first-order chi connectivity index (χ1) is 12.0. The van der Waals surface area contributed by atoms with E-state index in [4.69, 9.17) is 18.0 Å². The summed E-state index contributed by atoms with van der Waals surface area (Å²) in [5, 5.41) is 0. The SMILES string of the molecule is C=C(C)C(=O)OC(CC[Si](OC)(OC)OC)C1C=Cc2ccccc21. The van der Waals surface area contributed by atoms with E-state index in [1.165, 1.54) is 0 Å². The van der Waals surface area contributed by atoms with Crippen LogP contribution in [0.15, 0.2) is 42.5 Å². The molecule has 1 aliphatic carbocycles. The minimum Gasteiger partial charge on any atom is -0.458 e. The van der Waals surface area contributed by atoms with E-state index in [0.29, 0.717) is 18.0 Å². The number of hydrogen-bond donors (Lipinski definition) is 0. The van der Waals surface area contributed by atoms with Crippen molar-refractivity contribution in [2.45, 2.75) is 31.4 Å². The maximum atomic E-state index is 12.1. The van der Waals surface area contributed by atoms with Gasteiger partial charge >= 0.3 is 14.8 Å². The van der Waals surface area contributed by atoms with Gasteiger partial charge < -0.3 is 18.0 Å². The van der Waals surface area contributed by atoms with Gasteiger partial charge in [-0.05, 0) is 24.5 Å². The molecule has 5 nitrogen and oxygen atoms in total. The molecular weight excluding hydrogens is 336 g/mol. The van der Waals surface area contributed by atoms with E-state index in [2.05, 4.69) is 30.9 Å². The number of benzene rings is 1. The number of esters is 1. The van der Waals surface area contributed by atoms with Gasteiger partial charge in [-0.15, -0.1) is 0 Å². The average molecular weight is 362 g/mol. The van der Waals surface area contributed by atoms with Crippen molar-refractivity contribution >= 4 is 20.8 Å². The van der Waals surface area contributed by atoms with E-state index < -0.39 is 8.80 Å². The summed E-state index contributed by atoms with van der Waals surface area (Å²) >= 11 is 0. The van der Waals surface area contributed by atoms with Crippen LogP contribution in [0.25, 0.3) is 6.08 Å². The molecule has 0 N–H and O–H groups in total. The summed E-state index contributed by atoms with van der Waals surface area (Å²) in [6.45, 7) is 5.33. The number of rotatable bonds is 9. The zero-order chi connectivity index (χ0) is 18.4.